The van der Waals surface area contributed by atoms with Crippen LogP contribution in [0.4, 0.5) is 0 Å². The summed E-state index contributed by atoms with van der Waals surface area (Å²) in [5, 5.41) is 1.09. The van der Waals surface area contributed by atoms with Crippen LogP contribution in [0.5, 0.6) is 0 Å². The van der Waals surface area contributed by atoms with Crippen molar-refractivity contribution >= 4 is 29.3 Å². The summed E-state index contributed by atoms with van der Waals surface area (Å²) in [5.41, 5.74) is 5.27. The summed E-state index contributed by atoms with van der Waals surface area (Å²) in [6.07, 6.45) is 2.27. The van der Waals surface area contributed by atoms with Gasteiger partial charge in [0.05, 0.1) is 7.11 Å². The van der Waals surface area contributed by atoms with E-state index in [1.165, 1.54) is 7.11 Å². The van der Waals surface area contributed by atoms with Crippen LogP contribution in [0.2, 0.25) is 5.02 Å². The Kier molecular flexibility index (Phi) is 4.20. The smallest absolute Gasteiger partial charge is 0.325 e. The van der Waals surface area contributed by atoms with Crippen LogP contribution in [0.1, 0.15) is 19.3 Å². The molecule has 2 unspecified atom stereocenters. The molecule has 1 aromatic rings. The molecule has 18 heavy (non-hydrogen) atoms. The van der Waals surface area contributed by atoms with Gasteiger partial charge < -0.3 is 10.5 Å². The third kappa shape index (κ3) is 2.99. The standard InChI is InChI=1S/C13H16ClNO2S/c1-17-12(16)13(15)7-6-11(8-13)18-10-4-2-9(14)3-5-10/h2-5,11H,6-8,15H2,1H3. The van der Waals surface area contributed by atoms with Gasteiger partial charge >= 0.3 is 5.97 Å². The molecule has 98 valence electrons. The average Bonchev–Trinajstić information content (AvgIpc) is 2.74. The summed E-state index contributed by atoms with van der Waals surface area (Å²) in [7, 11) is 1.39. The number of hydrogen-bond acceptors (Lipinski definition) is 4. The number of ether oxygens (including phenoxy) is 1. The monoisotopic (exact) mass is 285 g/mol. The van der Waals surface area contributed by atoms with Crippen molar-refractivity contribution in [1.29, 1.82) is 0 Å². The van der Waals surface area contributed by atoms with Gasteiger partial charge in [0, 0.05) is 15.2 Å². The fourth-order valence-corrected chi connectivity index (χ4v) is 3.64. The van der Waals surface area contributed by atoms with Crippen LogP contribution < -0.4 is 5.73 Å². The lowest BCUT2D eigenvalue weighted by atomic mass is 10.00. The van der Waals surface area contributed by atoms with Crippen LogP contribution in [0, 0.1) is 0 Å². The van der Waals surface area contributed by atoms with Crippen LogP contribution in [0.15, 0.2) is 29.2 Å². The van der Waals surface area contributed by atoms with Gasteiger partial charge in [-0.15, -0.1) is 11.8 Å². The Hall–Kier alpha value is -0.710. The highest BCUT2D eigenvalue weighted by atomic mass is 35.5. The lowest BCUT2D eigenvalue weighted by Gasteiger charge is -2.20. The number of esters is 1. The Bertz CT molecular complexity index is 437. The van der Waals surface area contributed by atoms with Gasteiger partial charge in [-0.2, -0.15) is 0 Å². The molecule has 0 spiro atoms. The Morgan fingerprint density at radius 3 is 2.78 bits per heavy atom. The molecule has 2 N–H and O–H groups in total. The number of carbonyl (C=O) groups excluding carboxylic acids is 1. The van der Waals surface area contributed by atoms with E-state index in [4.69, 9.17) is 22.1 Å². The first-order valence-corrected chi connectivity index (χ1v) is 7.09. The number of hydrogen-bond donors (Lipinski definition) is 1. The zero-order chi connectivity index (χ0) is 13.2. The number of rotatable bonds is 3. The summed E-state index contributed by atoms with van der Waals surface area (Å²) in [5.74, 6) is -0.304. The Morgan fingerprint density at radius 1 is 1.50 bits per heavy atom. The van der Waals surface area contributed by atoms with E-state index in [-0.39, 0.29) is 5.97 Å². The molecule has 5 heteroatoms. The van der Waals surface area contributed by atoms with E-state index in [2.05, 4.69) is 0 Å². The Morgan fingerprint density at radius 2 is 2.17 bits per heavy atom. The Labute approximate surface area is 116 Å². The molecule has 0 bridgehead atoms. The summed E-state index contributed by atoms with van der Waals surface area (Å²) in [6.45, 7) is 0. The maximum absolute atomic E-state index is 11.6. The fourth-order valence-electron chi connectivity index (χ4n) is 2.22. The number of methoxy groups -OCH3 is 1. The molecule has 1 fully saturated rings. The highest BCUT2D eigenvalue weighted by Crippen LogP contribution is 2.39. The predicted octanol–water partition coefficient (Wildman–Crippen LogP) is 2.86. The van der Waals surface area contributed by atoms with Crippen molar-refractivity contribution in [3.05, 3.63) is 29.3 Å². The maximum Gasteiger partial charge on any atom is 0.325 e. The molecule has 0 heterocycles. The first-order valence-electron chi connectivity index (χ1n) is 5.83. The van der Waals surface area contributed by atoms with Gasteiger partial charge in [0.25, 0.3) is 0 Å². The molecular weight excluding hydrogens is 270 g/mol. The zero-order valence-electron chi connectivity index (χ0n) is 10.2. The molecule has 2 atom stereocenters. The van der Waals surface area contributed by atoms with E-state index >= 15 is 0 Å². The first kappa shape index (κ1) is 13.7. The van der Waals surface area contributed by atoms with Gasteiger partial charge in [0.15, 0.2) is 0 Å². The first-order chi connectivity index (χ1) is 8.53. The lowest BCUT2D eigenvalue weighted by Crippen LogP contribution is -2.46. The molecule has 1 saturated carbocycles. The van der Waals surface area contributed by atoms with Crippen molar-refractivity contribution in [3.8, 4) is 0 Å². The van der Waals surface area contributed by atoms with E-state index < -0.39 is 5.54 Å². The highest BCUT2D eigenvalue weighted by molar-refractivity contribution is 8.00. The molecule has 1 aromatic carbocycles. The summed E-state index contributed by atoms with van der Waals surface area (Å²) >= 11 is 7.59. The second-order valence-corrected chi connectivity index (χ2v) is 6.39. The molecule has 0 aliphatic heterocycles. The van der Waals surface area contributed by atoms with Gasteiger partial charge in [-0.05, 0) is 43.5 Å². The van der Waals surface area contributed by atoms with E-state index in [9.17, 15) is 4.79 Å². The SMILES string of the molecule is COC(=O)C1(N)CCC(Sc2ccc(Cl)cc2)C1. The second kappa shape index (κ2) is 5.51. The third-order valence-electron chi connectivity index (χ3n) is 3.21. The minimum atomic E-state index is -0.807. The normalized spacial score (nSPS) is 27.2. The Balaban J connectivity index is 1.97. The van der Waals surface area contributed by atoms with E-state index in [1.54, 1.807) is 11.8 Å². The number of carbonyl (C=O) groups is 1. The van der Waals surface area contributed by atoms with Crippen LogP contribution in [-0.4, -0.2) is 23.9 Å². The van der Waals surface area contributed by atoms with Crippen molar-refractivity contribution in [3.63, 3.8) is 0 Å². The number of benzene rings is 1. The second-order valence-electron chi connectivity index (χ2n) is 4.58. The number of thioether (sulfide) groups is 1. The van der Waals surface area contributed by atoms with Crippen LogP contribution in [0.3, 0.4) is 0 Å². The predicted molar refractivity (Wildman–Crippen MR) is 73.9 cm³/mol. The van der Waals surface area contributed by atoms with Gasteiger partial charge in [-0.1, -0.05) is 11.6 Å². The minimum absolute atomic E-state index is 0.304. The maximum atomic E-state index is 11.6. The highest BCUT2D eigenvalue weighted by Gasteiger charge is 2.43. The van der Waals surface area contributed by atoms with E-state index in [0.29, 0.717) is 18.1 Å². The van der Waals surface area contributed by atoms with Crippen molar-refractivity contribution in [2.75, 3.05) is 7.11 Å². The molecule has 1 aliphatic carbocycles. The van der Waals surface area contributed by atoms with Gasteiger partial charge in [0.2, 0.25) is 0 Å². The van der Waals surface area contributed by atoms with Gasteiger partial charge in [-0.3, -0.25) is 4.79 Å². The molecule has 2 rings (SSSR count). The van der Waals surface area contributed by atoms with Crippen molar-refractivity contribution in [1.82, 2.24) is 0 Å². The lowest BCUT2D eigenvalue weighted by molar-refractivity contribution is -0.146. The molecule has 0 amide bonds. The number of halogens is 1. The molecule has 1 aliphatic rings. The van der Waals surface area contributed by atoms with E-state index in [0.717, 1.165) is 16.3 Å². The van der Waals surface area contributed by atoms with Crippen LogP contribution in [0.25, 0.3) is 0 Å². The molecule has 3 nitrogen and oxygen atoms in total. The zero-order valence-corrected chi connectivity index (χ0v) is 11.8. The molecule has 0 aromatic heterocycles. The molecule has 0 saturated heterocycles. The molecule has 0 radical (unpaired) electrons. The summed E-state index contributed by atoms with van der Waals surface area (Å²) in [4.78, 5) is 12.8. The topological polar surface area (TPSA) is 52.3 Å². The fraction of sp³-hybridized carbons (Fsp3) is 0.462. The van der Waals surface area contributed by atoms with Crippen LogP contribution >= 0.6 is 23.4 Å². The van der Waals surface area contributed by atoms with Gasteiger partial charge in [0.1, 0.15) is 5.54 Å². The van der Waals surface area contributed by atoms with Crippen molar-refractivity contribution in [2.24, 2.45) is 5.73 Å². The third-order valence-corrected chi connectivity index (χ3v) is 4.74. The summed E-state index contributed by atoms with van der Waals surface area (Å²) < 4.78 is 4.76. The van der Waals surface area contributed by atoms with E-state index in [1.807, 2.05) is 24.3 Å². The van der Waals surface area contributed by atoms with Crippen molar-refractivity contribution < 1.29 is 9.53 Å². The average molecular weight is 286 g/mol. The quantitative estimate of drug-likeness (QED) is 0.868. The number of nitrogens with two attached hydrogens (primary N) is 1. The van der Waals surface area contributed by atoms with Crippen molar-refractivity contribution in [2.45, 2.75) is 34.9 Å². The molecular formula is C13H16ClNO2S. The summed E-state index contributed by atoms with van der Waals surface area (Å²) in [6, 6.07) is 7.72. The largest absolute Gasteiger partial charge is 0.468 e. The van der Waals surface area contributed by atoms with Crippen LogP contribution in [-0.2, 0) is 9.53 Å². The minimum Gasteiger partial charge on any atom is -0.468 e. The van der Waals surface area contributed by atoms with Gasteiger partial charge in [-0.25, -0.2) is 0 Å².